The Balaban J connectivity index is 2.45. The van der Waals surface area contributed by atoms with Crippen molar-refractivity contribution in [3.63, 3.8) is 0 Å². The molecule has 1 rings (SSSR count). The SMILES string of the molecule is COc1ccc(Br)cc1/C=C/C(=O)OCC(=O)NC(=O)NCC(F)(F)F. The van der Waals surface area contributed by atoms with Crippen molar-refractivity contribution in [2.75, 3.05) is 20.3 Å². The lowest BCUT2D eigenvalue weighted by atomic mass is 10.2. The summed E-state index contributed by atoms with van der Waals surface area (Å²) >= 11 is 3.26. The molecule has 2 N–H and O–H groups in total. The van der Waals surface area contributed by atoms with Crippen LogP contribution in [0, 0.1) is 0 Å². The van der Waals surface area contributed by atoms with Gasteiger partial charge in [-0.3, -0.25) is 10.1 Å². The molecule has 0 aliphatic rings. The van der Waals surface area contributed by atoms with E-state index in [0.29, 0.717) is 11.3 Å². The van der Waals surface area contributed by atoms with Gasteiger partial charge in [0.25, 0.3) is 5.91 Å². The van der Waals surface area contributed by atoms with E-state index in [9.17, 15) is 27.6 Å². The molecule has 26 heavy (non-hydrogen) atoms. The summed E-state index contributed by atoms with van der Waals surface area (Å²) < 4.78 is 46.1. The summed E-state index contributed by atoms with van der Waals surface area (Å²) in [6.45, 7) is -2.43. The predicted octanol–water partition coefficient (Wildman–Crippen LogP) is 2.40. The van der Waals surface area contributed by atoms with Gasteiger partial charge in [0.05, 0.1) is 7.11 Å². The molecule has 0 aromatic heterocycles. The molecular formula is C15H14BrF3N2O5. The maximum Gasteiger partial charge on any atom is 0.405 e. The number of hydrogen-bond donors (Lipinski definition) is 2. The van der Waals surface area contributed by atoms with E-state index in [-0.39, 0.29) is 0 Å². The van der Waals surface area contributed by atoms with E-state index in [1.807, 2.05) is 0 Å². The Bertz CT molecular complexity index is 707. The molecule has 0 atom stereocenters. The van der Waals surface area contributed by atoms with Gasteiger partial charge in [0.2, 0.25) is 0 Å². The van der Waals surface area contributed by atoms with Crippen LogP contribution in [0.5, 0.6) is 5.75 Å². The minimum Gasteiger partial charge on any atom is -0.496 e. The largest absolute Gasteiger partial charge is 0.496 e. The average Bonchev–Trinajstić information content (AvgIpc) is 2.56. The van der Waals surface area contributed by atoms with Crippen molar-refractivity contribution in [1.82, 2.24) is 10.6 Å². The fourth-order valence-corrected chi connectivity index (χ4v) is 1.94. The molecule has 0 saturated heterocycles. The van der Waals surface area contributed by atoms with Crippen LogP contribution in [0.25, 0.3) is 6.08 Å². The second kappa shape index (κ2) is 9.80. The number of esters is 1. The lowest BCUT2D eigenvalue weighted by Crippen LogP contribution is -2.44. The van der Waals surface area contributed by atoms with Gasteiger partial charge in [-0.25, -0.2) is 9.59 Å². The first-order valence-corrected chi connectivity index (χ1v) is 7.73. The summed E-state index contributed by atoms with van der Waals surface area (Å²) in [5, 5.41) is 3.03. The Labute approximate surface area is 154 Å². The molecule has 0 aliphatic carbocycles. The number of urea groups is 1. The topological polar surface area (TPSA) is 93.7 Å². The van der Waals surface area contributed by atoms with Crippen molar-refractivity contribution >= 4 is 39.9 Å². The Hall–Kier alpha value is -2.56. The van der Waals surface area contributed by atoms with Crippen molar-refractivity contribution in [3.05, 3.63) is 34.3 Å². The summed E-state index contributed by atoms with van der Waals surface area (Å²) in [6, 6.07) is 3.74. The molecule has 0 heterocycles. The number of rotatable bonds is 6. The Morgan fingerprint density at radius 1 is 1.27 bits per heavy atom. The van der Waals surface area contributed by atoms with Crippen LogP contribution in [0.2, 0.25) is 0 Å². The number of nitrogens with one attached hydrogen (secondary N) is 2. The molecule has 0 saturated carbocycles. The molecule has 11 heteroatoms. The van der Waals surface area contributed by atoms with Gasteiger partial charge in [-0.05, 0) is 24.3 Å². The highest BCUT2D eigenvalue weighted by Gasteiger charge is 2.28. The third kappa shape index (κ3) is 8.51. The van der Waals surface area contributed by atoms with Crippen molar-refractivity contribution in [2.24, 2.45) is 0 Å². The highest BCUT2D eigenvalue weighted by atomic mass is 79.9. The molecule has 0 bridgehead atoms. The maximum absolute atomic E-state index is 11.9. The minimum atomic E-state index is -4.61. The Morgan fingerprint density at radius 3 is 2.58 bits per heavy atom. The van der Waals surface area contributed by atoms with Crippen LogP contribution < -0.4 is 15.4 Å². The van der Waals surface area contributed by atoms with Crippen molar-refractivity contribution < 1.29 is 37.0 Å². The van der Waals surface area contributed by atoms with Gasteiger partial charge in [-0.2, -0.15) is 13.2 Å². The van der Waals surface area contributed by atoms with Crippen LogP contribution in [-0.2, 0) is 14.3 Å². The first-order chi connectivity index (χ1) is 12.1. The second-order valence-electron chi connectivity index (χ2n) is 4.67. The summed E-state index contributed by atoms with van der Waals surface area (Å²) in [7, 11) is 1.45. The van der Waals surface area contributed by atoms with Crippen molar-refractivity contribution in [1.29, 1.82) is 0 Å². The molecule has 7 nitrogen and oxygen atoms in total. The number of amides is 3. The Kier molecular flexibility index (Phi) is 8.10. The lowest BCUT2D eigenvalue weighted by molar-refractivity contribution is -0.143. The number of methoxy groups -OCH3 is 1. The Morgan fingerprint density at radius 2 is 1.96 bits per heavy atom. The van der Waals surface area contributed by atoms with E-state index in [1.54, 1.807) is 23.5 Å². The number of carbonyl (C=O) groups is 3. The number of ether oxygens (including phenoxy) is 2. The predicted molar refractivity (Wildman–Crippen MR) is 88.3 cm³/mol. The molecular weight excluding hydrogens is 425 g/mol. The number of imide groups is 1. The molecule has 0 aliphatic heterocycles. The fraction of sp³-hybridized carbons (Fsp3) is 0.267. The number of alkyl halides is 3. The summed E-state index contributed by atoms with van der Waals surface area (Å²) in [5.41, 5.74) is 0.565. The quantitative estimate of drug-likeness (QED) is 0.525. The van der Waals surface area contributed by atoms with Crippen molar-refractivity contribution in [2.45, 2.75) is 6.18 Å². The third-order valence-electron chi connectivity index (χ3n) is 2.64. The van der Waals surface area contributed by atoms with Gasteiger partial charge < -0.3 is 14.8 Å². The van der Waals surface area contributed by atoms with E-state index < -0.39 is 37.2 Å². The van der Waals surface area contributed by atoms with Crippen LogP contribution in [0.15, 0.2) is 28.7 Å². The summed E-state index contributed by atoms with van der Waals surface area (Å²) in [4.78, 5) is 33.9. The van der Waals surface area contributed by atoms with Crippen LogP contribution in [0.1, 0.15) is 5.56 Å². The standard InChI is InChI=1S/C15H14BrF3N2O5/c1-25-11-4-3-10(16)6-9(11)2-5-13(23)26-7-12(22)21-14(24)20-8-15(17,18)19/h2-6H,7-8H2,1H3,(H2,20,21,22,24)/b5-2+. The zero-order chi connectivity index (χ0) is 19.7. The van der Waals surface area contributed by atoms with Gasteiger partial charge in [0.1, 0.15) is 12.3 Å². The second-order valence-corrected chi connectivity index (χ2v) is 5.59. The fourth-order valence-electron chi connectivity index (χ4n) is 1.57. The molecule has 3 amide bonds. The summed E-state index contributed by atoms with van der Waals surface area (Å²) in [5.74, 6) is -1.47. The van der Waals surface area contributed by atoms with E-state index in [2.05, 4.69) is 20.7 Å². The van der Waals surface area contributed by atoms with E-state index in [0.717, 1.165) is 10.5 Å². The third-order valence-corrected chi connectivity index (χ3v) is 3.13. The molecule has 0 fully saturated rings. The van der Waals surface area contributed by atoms with Crippen molar-refractivity contribution in [3.8, 4) is 5.75 Å². The molecule has 1 aromatic rings. The van der Waals surface area contributed by atoms with Gasteiger partial charge in [0, 0.05) is 16.1 Å². The van der Waals surface area contributed by atoms with Gasteiger partial charge in [-0.1, -0.05) is 15.9 Å². The number of halogens is 4. The number of benzene rings is 1. The highest BCUT2D eigenvalue weighted by Crippen LogP contribution is 2.24. The van der Waals surface area contributed by atoms with Crippen LogP contribution >= 0.6 is 15.9 Å². The van der Waals surface area contributed by atoms with Gasteiger partial charge in [-0.15, -0.1) is 0 Å². The average molecular weight is 439 g/mol. The van der Waals surface area contributed by atoms with Crippen LogP contribution in [-0.4, -0.2) is 44.3 Å². The molecule has 142 valence electrons. The van der Waals surface area contributed by atoms with Crippen LogP contribution in [0.3, 0.4) is 0 Å². The van der Waals surface area contributed by atoms with E-state index >= 15 is 0 Å². The lowest BCUT2D eigenvalue weighted by Gasteiger charge is -2.09. The molecule has 1 aromatic carbocycles. The monoisotopic (exact) mass is 438 g/mol. The zero-order valence-electron chi connectivity index (χ0n) is 13.4. The first kappa shape index (κ1) is 21.5. The van der Waals surface area contributed by atoms with Crippen LogP contribution in [0.4, 0.5) is 18.0 Å². The zero-order valence-corrected chi connectivity index (χ0v) is 14.9. The number of carbonyl (C=O) groups excluding carboxylic acids is 3. The highest BCUT2D eigenvalue weighted by molar-refractivity contribution is 9.10. The smallest absolute Gasteiger partial charge is 0.405 e. The normalized spacial score (nSPS) is 11.1. The minimum absolute atomic E-state index is 0.497. The van der Waals surface area contributed by atoms with E-state index in [1.165, 1.54) is 18.5 Å². The van der Waals surface area contributed by atoms with Gasteiger partial charge >= 0.3 is 18.2 Å². The summed E-state index contributed by atoms with van der Waals surface area (Å²) in [6.07, 6.45) is -2.19. The van der Waals surface area contributed by atoms with E-state index in [4.69, 9.17) is 4.74 Å². The maximum atomic E-state index is 11.9. The molecule has 0 radical (unpaired) electrons. The van der Waals surface area contributed by atoms with Gasteiger partial charge in [0.15, 0.2) is 6.61 Å². The first-order valence-electron chi connectivity index (χ1n) is 6.93. The molecule has 0 unspecified atom stereocenters. The molecule has 0 spiro atoms. The number of hydrogen-bond acceptors (Lipinski definition) is 5.